The Labute approximate surface area is 80.6 Å². The van der Waals surface area contributed by atoms with E-state index in [1.165, 1.54) is 0 Å². The van der Waals surface area contributed by atoms with E-state index < -0.39 is 0 Å². The Balaban J connectivity index is 2.70. The van der Waals surface area contributed by atoms with E-state index in [1.54, 1.807) is 24.3 Å². The number of nitrogens with zero attached hydrogens (tertiary/aromatic N) is 1. The van der Waals surface area contributed by atoms with E-state index >= 15 is 0 Å². The number of hydrogen-bond donors (Lipinski definition) is 1. The molecule has 0 atom stereocenters. The van der Waals surface area contributed by atoms with Crippen LogP contribution >= 0.6 is 11.6 Å². The number of ketones is 1. The normalized spacial score (nSPS) is 11.3. The summed E-state index contributed by atoms with van der Waals surface area (Å²) in [4.78, 5) is 11.3. The monoisotopic (exact) mass is 197 g/mol. The third kappa shape index (κ3) is 2.87. The summed E-state index contributed by atoms with van der Waals surface area (Å²) in [5.74, 6) is -0.164. The minimum atomic E-state index is -0.164. The highest BCUT2D eigenvalue weighted by atomic mass is 35.5. The van der Waals surface area contributed by atoms with Crippen molar-refractivity contribution in [3.05, 3.63) is 35.9 Å². The molecule has 1 aromatic carbocycles. The van der Waals surface area contributed by atoms with E-state index in [2.05, 4.69) is 5.16 Å². The van der Waals surface area contributed by atoms with Gasteiger partial charge in [-0.05, 0) is 0 Å². The first-order chi connectivity index (χ1) is 6.24. The highest BCUT2D eigenvalue weighted by Gasteiger charge is 2.07. The van der Waals surface area contributed by atoms with E-state index in [-0.39, 0.29) is 17.4 Å². The molecule has 0 fully saturated rings. The molecule has 13 heavy (non-hydrogen) atoms. The SMILES string of the molecule is O=C(CC(Cl)=NO)c1ccccc1. The maximum absolute atomic E-state index is 11.3. The van der Waals surface area contributed by atoms with E-state index in [0.29, 0.717) is 5.56 Å². The van der Waals surface area contributed by atoms with Gasteiger partial charge in [-0.2, -0.15) is 0 Å². The van der Waals surface area contributed by atoms with Gasteiger partial charge in [-0.25, -0.2) is 0 Å². The van der Waals surface area contributed by atoms with Crippen molar-refractivity contribution in [3.63, 3.8) is 0 Å². The molecule has 0 aliphatic heterocycles. The molecular weight excluding hydrogens is 190 g/mol. The van der Waals surface area contributed by atoms with Crippen molar-refractivity contribution in [2.45, 2.75) is 6.42 Å². The predicted molar refractivity (Wildman–Crippen MR) is 50.5 cm³/mol. The molecule has 0 radical (unpaired) electrons. The number of benzene rings is 1. The van der Waals surface area contributed by atoms with Crippen LogP contribution in [-0.4, -0.2) is 16.2 Å². The molecule has 68 valence electrons. The Morgan fingerprint density at radius 3 is 2.54 bits per heavy atom. The minimum absolute atomic E-state index is 0.0674. The number of oxime groups is 1. The second-order valence-electron chi connectivity index (χ2n) is 2.44. The molecule has 1 rings (SSSR count). The first-order valence-corrected chi connectivity index (χ1v) is 4.06. The quantitative estimate of drug-likeness (QED) is 0.350. The summed E-state index contributed by atoms with van der Waals surface area (Å²) in [5.41, 5.74) is 0.560. The first-order valence-electron chi connectivity index (χ1n) is 3.68. The second kappa shape index (κ2) is 4.62. The van der Waals surface area contributed by atoms with Crippen molar-refractivity contribution >= 4 is 22.6 Å². The van der Waals surface area contributed by atoms with Crippen molar-refractivity contribution in [2.75, 3.05) is 0 Å². The molecule has 0 saturated heterocycles. The summed E-state index contributed by atoms with van der Waals surface area (Å²) < 4.78 is 0. The fourth-order valence-corrected chi connectivity index (χ4v) is 1.02. The van der Waals surface area contributed by atoms with Crippen LogP contribution < -0.4 is 0 Å². The fourth-order valence-electron chi connectivity index (χ4n) is 0.894. The molecule has 0 saturated carbocycles. The van der Waals surface area contributed by atoms with E-state index in [9.17, 15) is 4.79 Å². The number of halogens is 1. The van der Waals surface area contributed by atoms with Crippen molar-refractivity contribution in [1.82, 2.24) is 0 Å². The fraction of sp³-hybridized carbons (Fsp3) is 0.111. The van der Waals surface area contributed by atoms with Gasteiger partial charge >= 0.3 is 0 Å². The zero-order valence-corrected chi connectivity index (χ0v) is 7.53. The molecule has 0 aliphatic rings. The Kier molecular flexibility index (Phi) is 3.46. The number of carbonyl (C=O) groups excluding carboxylic acids is 1. The topological polar surface area (TPSA) is 49.7 Å². The highest BCUT2D eigenvalue weighted by molar-refractivity contribution is 6.66. The average Bonchev–Trinajstić information content (AvgIpc) is 2.19. The molecule has 0 spiro atoms. The highest BCUT2D eigenvalue weighted by Crippen LogP contribution is 2.05. The van der Waals surface area contributed by atoms with Crippen LogP contribution in [0.15, 0.2) is 35.5 Å². The first kappa shape index (κ1) is 9.74. The van der Waals surface area contributed by atoms with Crippen LogP contribution in [0.2, 0.25) is 0 Å². The molecule has 0 bridgehead atoms. The molecule has 1 aromatic rings. The van der Waals surface area contributed by atoms with Crippen molar-refractivity contribution in [2.24, 2.45) is 5.16 Å². The number of hydrogen-bond acceptors (Lipinski definition) is 3. The van der Waals surface area contributed by atoms with Crippen LogP contribution in [0.3, 0.4) is 0 Å². The van der Waals surface area contributed by atoms with Crippen molar-refractivity contribution < 1.29 is 10.0 Å². The van der Waals surface area contributed by atoms with Gasteiger partial charge in [0.25, 0.3) is 0 Å². The summed E-state index contributed by atoms with van der Waals surface area (Å²) in [6.45, 7) is 0. The van der Waals surface area contributed by atoms with Crippen LogP contribution in [0, 0.1) is 0 Å². The summed E-state index contributed by atoms with van der Waals surface area (Å²) in [7, 11) is 0. The average molecular weight is 198 g/mol. The Morgan fingerprint density at radius 2 is 2.00 bits per heavy atom. The lowest BCUT2D eigenvalue weighted by Crippen LogP contribution is -2.03. The van der Waals surface area contributed by atoms with Gasteiger partial charge < -0.3 is 5.21 Å². The third-order valence-corrected chi connectivity index (χ3v) is 1.72. The van der Waals surface area contributed by atoms with Gasteiger partial charge in [0, 0.05) is 5.56 Å². The van der Waals surface area contributed by atoms with Crippen LogP contribution in [0.1, 0.15) is 16.8 Å². The third-order valence-electron chi connectivity index (χ3n) is 1.51. The summed E-state index contributed by atoms with van der Waals surface area (Å²) in [6.07, 6.45) is -0.0674. The van der Waals surface area contributed by atoms with Crippen LogP contribution in [0.4, 0.5) is 0 Å². The number of Topliss-reactive ketones (excluding diaryl/α,β-unsaturated/α-hetero) is 1. The molecule has 0 heterocycles. The summed E-state index contributed by atoms with van der Waals surface area (Å²) in [6, 6.07) is 8.71. The molecule has 0 aliphatic carbocycles. The van der Waals surface area contributed by atoms with Gasteiger partial charge in [-0.3, -0.25) is 4.79 Å². The largest absolute Gasteiger partial charge is 0.410 e. The van der Waals surface area contributed by atoms with Gasteiger partial charge in [0.15, 0.2) is 11.0 Å². The predicted octanol–water partition coefficient (Wildman–Crippen LogP) is 2.29. The molecule has 0 aromatic heterocycles. The Hall–Kier alpha value is -1.35. The summed E-state index contributed by atoms with van der Waals surface area (Å²) >= 11 is 5.39. The van der Waals surface area contributed by atoms with Crippen molar-refractivity contribution in [1.29, 1.82) is 0 Å². The zero-order valence-electron chi connectivity index (χ0n) is 6.77. The minimum Gasteiger partial charge on any atom is -0.410 e. The van der Waals surface area contributed by atoms with Crippen LogP contribution in [-0.2, 0) is 0 Å². The molecular formula is C9H8ClNO2. The molecule has 1 N–H and O–H groups in total. The molecule has 0 unspecified atom stereocenters. The van der Waals surface area contributed by atoms with Gasteiger partial charge in [-0.1, -0.05) is 47.1 Å². The maximum Gasteiger partial charge on any atom is 0.169 e. The van der Waals surface area contributed by atoms with E-state index in [1.807, 2.05) is 6.07 Å². The van der Waals surface area contributed by atoms with Gasteiger partial charge in [0.1, 0.15) is 0 Å². The van der Waals surface area contributed by atoms with Gasteiger partial charge in [0.05, 0.1) is 6.42 Å². The van der Waals surface area contributed by atoms with Gasteiger partial charge in [-0.15, -0.1) is 0 Å². The van der Waals surface area contributed by atoms with E-state index in [4.69, 9.17) is 16.8 Å². The lowest BCUT2D eigenvalue weighted by atomic mass is 10.1. The van der Waals surface area contributed by atoms with E-state index in [0.717, 1.165) is 0 Å². The van der Waals surface area contributed by atoms with Crippen LogP contribution in [0.25, 0.3) is 0 Å². The van der Waals surface area contributed by atoms with Crippen molar-refractivity contribution in [3.8, 4) is 0 Å². The van der Waals surface area contributed by atoms with Crippen LogP contribution in [0.5, 0.6) is 0 Å². The number of rotatable bonds is 3. The zero-order chi connectivity index (χ0) is 9.68. The lowest BCUT2D eigenvalue weighted by molar-refractivity contribution is 0.1000. The number of carbonyl (C=O) groups is 1. The molecule has 0 amide bonds. The lowest BCUT2D eigenvalue weighted by Gasteiger charge is -1.96. The Morgan fingerprint density at radius 1 is 1.38 bits per heavy atom. The smallest absolute Gasteiger partial charge is 0.169 e. The second-order valence-corrected chi connectivity index (χ2v) is 2.88. The summed E-state index contributed by atoms with van der Waals surface area (Å²) in [5, 5.41) is 10.8. The maximum atomic E-state index is 11.3. The Bertz CT molecular complexity index is 322. The molecule has 3 nitrogen and oxygen atoms in total. The van der Waals surface area contributed by atoms with Gasteiger partial charge in [0.2, 0.25) is 0 Å². The standard InChI is InChI=1S/C9H8ClNO2/c10-9(11-13)6-8(12)7-4-2-1-3-5-7/h1-5,13H,6H2. The molecule has 4 heteroatoms.